The van der Waals surface area contributed by atoms with Crippen LogP contribution in [0.15, 0.2) is 28.7 Å². The van der Waals surface area contributed by atoms with Crippen LogP contribution in [0.5, 0.6) is 0 Å². The number of aryl methyl sites for hydroxylation is 1. The Morgan fingerprint density at radius 1 is 1.06 bits per heavy atom. The molecule has 0 radical (unpaired) electrons. The number of halogens is 1. The summed E-state index contributed by atoms with van der Waals surface area (Å²) in [6.07, 6.45) is 2.70. The van der Waals surface area contributed by atoms with Gasteiger partial charge in [-0.1, -0.05) is 28.1 Å². The molecule has 3 amide bonds. The van der Waals surface area contributed by atoms with E-state index in [4.69, 9.17) is 4.74 Å². The second-order valence-corrected chi connectivity index (χ2v) is 9.85. The molecule has 1 fully saturated rings. The zero-order chi connectivity index (χ0) is 22.9. The maximum absolute atomic E-state index is 12.3. The number of alkyl carbamates (subject to hydrolysis) is 1. The van der Waals surface area contributed by atoms with E-state index in [-0.39, 0.29) is 24.8 Å². The number of piperidine rings is 1. The summed E-state index contributed by atoms with van der Waals surface area (Å²) in [5, 5.41) is 5.65. The van der Waals surface area contributed by atoms with Crippen LogP contribution in [-0.2, 0) is 20.7 Å². The molecule has 1 aromatic carbocycles. The maximum Gasteiger partial charge on any atom is 0.407 e. The van der Waals surface area contributed by atoms with E-state index in [0.29, 0.717) is 32.0 Å². The monoisotopic (exact) mass is 495 g/mol. The molecule has 0 spiro atoms. The summed E-state index contributed by atoms with van der Waals surface area (Å²) in [6.45, 7) is 7.69. The van der Waals surface area contributed by atoms with Gasteiger partial charge >= 0.3 is 6.09 Å². The van der Waals surface area contributed by atoms with Gasteiger partial charge in [-0.2, -0.15) is 0 Å². The van der Waals surface area contributed by atoms with Crippen molar-refractivity contribution in [3.05, 3.63) is 34.3 Å². The second kappa shape index (κ2) is 12.1. The zero-order valence-corrected chi connectivity index (χ0v) is 20.3. The van der Waals surface area contributed by atoms with E-state index in [1.807, 2.05) is 29.2 Å². The third-order valence-corrected chi connectivity index (χ3v) is 5.64. The van der Waals surface area contributed by atoms with Crippen molar-refractivity contribution in [2.24, 2.45) is 5.92 Å². The first-order valence-corrected chi connectivity index (χ1v) is 11.7. The Morgan fingerprint density at radius 2 is 1.71 bits per heavy atom. The lowest BCUT2D eigenvalue weighted by Crippen LogP contribution is -2.42. The normalized spacial score (nSPS) is 14.8. The van der Waals surface area contributed by atoms with Crippen LogP contribution in [0.1, 0.15) is 52.0 Å². The molecule has 1 aromatic rings. The van der Waals surface area contributed by atoms with Gasteiger partial charge < -0.3 is 20.3 Å². The third kappa shape index (κ3) is 10.2. The van der Waals surface area contributed by atoms with E-state index < -0.39 is 11.7 Å². The molecule has 0 atom stereocenters. The zero-order valence-electron chi connectivity index (χ0n) is 18.7. The molecule has 0 saturated carbocycles. The molecule has 2 N–H and O–H groups in total. The van der Waals surface area contributed by atoms with Crippen molar-refractivity contribution in [3.63, 3.8) is 0 Å². The van der Waals surface area contributed by atoms with Crippen molar-refractivity contribution in [2.45, 2.75) is 58.5 Å². The molecule has 8 heteroatoms. The van der Waals surface area contributed by atoms with E-state index in [1.54, 1.807) is 20.8 Å². The summed E-state index contributed by atoms with van der Waals surface area (Å²) in [4.78, 5) is 37.9. The van der Waals surface area contributed by atoms with Crippen LogP contribution < -0.4 is 10.6 Å². The molecular weight excluding hydrogens is 462 g/mol. The second-order valence-electron chi connectivity index (χ2n) is 8.93. The number of rotatable bonds is 8. The van der Waals surface area contributed by atoms with E-state index >= 15 is 0 Å². The highest BCUT2D eigenvalue weighted by molar-refractivity contribution is 9.10. The Labute approximate surface area is 193 Å². The predicted molar refractivity (Wildman–Crippen MR) is 124 cm³/mol. The molecule has 7 nitrogen and oxygen atoms in total. The van der Waals surface area contributed by atoms with Gasteiger partial charge in [-0.05, 0) is 63.6 Å². The summed E-state index contributed by atoms with van der Waals surface area (Å²) >= 11 is 3.41. The topological polar surface area (TPSA) is 87.7 Å². The fraction of sp³-hybridized carbons (Fsp3) is 0.609. The van der Waals surface area contributed by atoms with E-state index in [9.17, 15) is 14.4 Å². The highest BCUT2D eigenvalue weighted by atomic mass is 79.9. The molecule has 1 aliphatic rings. The first-order chi connectivity index (χ1) is 14.6. The van der Waals surface area contributed by atoms with Gasteiger partial charge in [0.25, 0.3) is 0 Å². The van der Waals surface area contributed by atoms with Crippen LogP contribution in [0, 0.1) is 5.92 Å². The van der Waals surface area contributed by atoms with Crippen molar-refractivity contribution >= 4 is 33.8 Å². The maximum atomic E-state index is 12.3. The molecule has 0 unspecified atom stereocenters. The molecule has 1 aliphatic heterocycles. The van der Waals surface area contributed by atoms with E-state index in [2.05, 4.69) is 26.6 Å². The van der Waals surface area contributed by atoms with E-state index in [1.165, 1.54) is 0 Å². The molecular formula is C23H34BrN3O4. The minimum absolute atomic E-state index is 0.0352. The molecule has 0 aromatic heterocycles. The summed E-state index contributed by atoms with van der Waals surface area (Å²) < 4.78 is 6.19. The Hall–Kier alpha value is -2.09. The molecule has 2 rings (SSSR count). The van der Waals surface area contributed by atoms with Crippen LogP contribution >= 0.6 is 15.9 Å². The minimum Gasteiger partial charge on any atom is -0.444 e. The van der Waals surface area contributed by atoms with Gasteiger partial charge in [0.05, 0.1) is 0 Å². The van der Waals surface area contributed by atoms with Crippen LogP contribution in [-0.4, -0.2) is 54.6 Å². The Morgan fingerprint density at radius 3 is 2.32 bits per heavy atom. The summed E-state index contributed by atoms with van der Waals surface area (Å²) in [7, 11) is 0. The van der Waals surface area contributed by atoms with Gasteiger partial charge in [-0.25, -0.2) is 4.79 Å². The molecule has 1 saturated heterocycles. The Bertz CT molecular complexity index is 738. The smallest absolute Gasteiger partial charge is 0.407 e. The first kappa shape index (κ1) is 25.2. The van der Waals surface area contributed by atoms with Crippen molar-refractivity contribution in [1.82, 2.24) is 15.5 Å². The quantitative estimate of drug-likeness (QED) is 0.575. The van der Waals surface area contributed by atoms with E-state index in [0.717, 1.165) is 29.3 Å². The number of carbonyl (C=O) groups is 3. The summed E-state index contributed by atoms with van der Waals surface area (Å²) in [5.41, 5.74) is 0.594. The van der Waals surface area contributed by atoms with Gasteiger partial charge in [0.1, 0.15) is 5.60 Å². The molecule has 31 heavy (non-hydrogen) atoms. The highest BCUT2D eigenvalue weighted by Crippen LogP contribution is 2.17. The average molecular weight is 496 g/mol. The Kier molecular flexibility index (Phi) is 9.81. The number of nitrogens with zero attached hydrogens (tertiary/aromatic N) is 1. The van der Waals surface area contributed by atoms with Crippen molar-refractivity contribution in [3.8, 4) is 0 Å². The van der Waals surface area contributed by atoms with Gasteiger partial charge in [0.15, 0.2) is 0 Å². The lowest BCUT2D eigenvalue weighted by molar-refractivity contribution is -0.132. The number of hydrogen-bond donors (Lipinski definition) is 2. The van der Waals surface area contributed by atoms with Crippen LogP contribution in [0.4, 0.5) is 4.79 Å². The van der Waals surface area contributed by atoms with Crippen molar-refractivity contribution < 1.29 is 19.1 Å². The van der Waals surface area contributed by atoms with Gasteiger partial charge in [-0.15, -0.1) is 0 Å². The fourth-order valence-corrected chi connectivity index (χ4v) is 3.65. The molecule has 1 heterocycles. The van der Waals surface area contributed by atoms with Crippen molar-refractivity contribution in [1.29, 1.82) is 0 Å². The third-order valence-electron chi connectivity index (χ3n) is 5.12. The van der Waals surface area contributed by atoms with Crippen LogP contribution in [0.25, 0.3) is 0 Å². The number of carbonyl (C=O) groups excluding carboxylic acids is 3. The van der Waals surface area contributed by atoms with Crippen LogP contribution in [0.2, 0.25) is 0 Å². The molecule has 0 bridgehead atoms. The Balaban J connectivity index is 1.58. The summed E-state index contributed by atoms with van der Waals surface area (Å²) in [6, 6.07) is 8.01. The minimum atomic E-state index is -0.551. The molecule has 0 aliphatic carbocycles. The SMILES string of the molecule is CC(C)(C)OC(=O)NCCC(=O)N1CCC(CNC(=O)CCc2ccc(Br)cc2)CC1. The number of hydrogen-bond acceptors (Lipinski definition) is 4. The van der Waals surface area contributed by atoms with Crippen LogP contribution in [0.3, 0.4) is 0 Å². The van der Waals surface area contributed by atoms with Gasteiger partial charge in [-0.3, -0.25) is 9.59 Å². The lowest BCUT2D eigenvalue weighted by Gasteiger charge is -2.32. The number of likely N-dealkylation sites (tertiary alicyclic amines) is 1. The molecule has 172 valence electrons. The standard InChI is InChI=1S/C23H34BrN3O4/c1-23(2,3)31-22(30)25-13-10-21(29)27-14-11-18(12-15-27)16-26-20(28)9-6-17-4-7-19(24)8-5-17/h4-5,7-8,18H,6,9-16H2,1-3H3,(H,25,30)(H,26,28). The summed E-state index contributed by atoms with van der Waals surface area (Å²) in [5.74, 6) is 0.489. The number of amides is 3. The number of ether oxygens (including phenoxy) is 1. The fourth-order valence-electron chi connectivity index (χ4n) is 3.39. The predicted octanol–water partition coefficient (Wildman–Crippen LogP) is 3.65. The van der Waals surface area contributed by atoms with Crippen molar-refractivity contribution in [2.75, 3.05) is 26.2 Å². The van der Waals surface area contributed by atoms with Gasteiger partial charge in [0, 0.05) is 43.5 Å². The van der Waals surface area contributed by atoms with Gasteiger partial charge in [0.2, 0.25) is 11.8 Å². The number of nitrogens with one attached hydrogen (secondary N) is 2. The average Bonchev–Trinajstić information content (AvgIpc) is 2.71. The largest absolute Gasteiger partial charge is 0.444 e. The lowest BCUT2D eigenvalue weighted by atomic mass is 9.96. The highest BCUT2D eigenvalue weighted by Gasteiger charge is 2.23. The first-order valence-electron chi connectivity index (χ1n) is 10.9. The number of benzene rings is 1.